The maximum absolute atomic E-state index is 12.6. The fourth-order valence-corrected chi connectivity index (χ4v) is 2.08. The van der Waals surface area contributed by atoms with Gasteiger partial charge in [0.15, 0.2) is 0 Å². The van der Waals surface area contributed by atoms with E-state index in [2.05, 4.69) is 15.7 Å². The van der Waals surface area contributed by atoms with E-state index in [0.29, 0.717) is 17.7 Å². The van der Waals surface area contributed by atoms with Crippen LogP contribution in [-0.2, 0) is 12.6 Å². The Morgan fingerprint density at radius 3 is 2.71 bits per heavy atom. The number of hydrogen-bond acceptors (Lipinski definition) is 2. The summed E-state index contributed by atoms with van der Waals surface area (Å²) >= 11 is 0. The van der Waals surface area contributed by atoms with Crippen molar-refractivity contribution in [3.8, 4) is 0 Å². The van der Waals surface area contributed by atoms with Gasteiger partial charge < -0.3 is 10.6 Å². The van der Waals surface area contributed by atoms with Crippen LogP contribution in [0.15, 0.2) is 36.7 Å². The van der Waals surface area contributed by atoms with Crippen molar-refractivity contribution >= 4 is 11.7 Å². The van der Waals surface area contributed by atoms with E-state index >= 15 is 0 Å². The number of nitrogens with zero attached hydrogens (tertiary/aromatic N) is 2. The molecule has 0 aliphatic heterocycles. The van der Waals surface area contributed by atoms with Gasteiger partial charge in [-0.15, -0.1) is 0 Å². The Hall–Kier alpha value is -2.51. The summed E-state index contributed by atoms with van der Waals surface area (Å²) in [6, 6.07) is 4.83. The number of rotatable bonds is 5. The zero-order valence-corrected chi connectivity index (χ0v) is 13.4. The fraction of sp³-hybridized carbons (Fsp3) is 0.375. The molecule has 0 radical (unpaired) electrons. The number of aromatic nitrogens is 2. The van der Waals surface area contributed by atoms with Crippen LogP contribution in [0, 0.1) is 0 Å². The molecule has 8 heteroatoms. The Morgan fingerprint density at radius 1 is 1.33 bits per heavy atom. The van der Waals surface area contributed by atoms with Crippen LogP contribution in [0.1, 0.15) is 31.0 Å². The summed E-state index contributed by atoms with van der Waals surface area (Å²) in [6.45, 7) is 4.16. The molecule has 0 saturated heterocycles. The number of carbonyl (C=O) groups is 1. The maximum atomic E-state index is 12.6. The van der Waals surface area contributed by atoms with Gasteiger partial charge in [-0.05, 0) is 31.9 Å². The fourth-order valence-electron chi connectivity index (χ4n) is 2.08. The van der Waals surface area contributed by atoms with Crippen molar-refractivity contribution in [2.45, 2.75) is 32.5 Å². The highest BCUT2D eigenvalue weighted by Gasteiger charge is 2.30. The van der Waals surface area contributed by atoms with Crippen molar-refractivity contribution in [1.29, 1.82) is 0 Å². The molecular formula is C16H19F3N4O. The Morgan fingerprint density at radius 2 is 2.08 bits per heavy atom. The van der Waals surface area contributed by atoms with Crippen LogP contribution in [0.2, 0.25) is 0 Å². The van der Waals surface area contributed by atoms with E-state index in [4.69, 9.17) is 0 Å². The third-order valence-corrected chi connectivity index (χ3v) is 3.34. The zero-order valence-electron chi connectivity index (χ0n) is 13.4. The van der Waals surface area contributed by atoms with Crippen molar-refractivity contribution in [2.75, 3.05) is 11.9 Å². The molecule has 5 nitrogen and oxygen atoms in total. The lowest BCUT2D eigenvalue weighted by Crippen LogP contribution is -2.30. The van der Waals surface area contributed by atoms with E-state index < -0.39 is 17.8 Å². The first-order chi connectivity index (χ1) is 11.3. The Bertz CT molecular complexity index is 695. The molecule has 24 heavy (non-hydrogen) atoms. The first kappa shape index (κ1) is 17.8. The highest BCUT2D eigenvalue weighted by atomic mass is 19.4. The summed E-state index contributed by atoms with van der Waals surface area (Å²) in [5.41, 5.74) is 0.378. The van der Waals surface area contributed by atoms with Crippen LogP contribution >= 0.6 is 0 Å². The lowest BCUT2D eigenvalue weighted by Gasteiger charge is -2.09. The molecule has 0 atom stereocenters. The van der Waals surface area contributed by atoms with E-state index in [-0.39, 0.29) is 12.6 Å². The molecule has 2 rings (SSSR count). The number of benzene rings is 1. The summed E-state index contributed by atoms with van der Waals surface area (Å²) in [4.78, 5) is 11.8. The van der Waals surface area contributed by atoms with E-state index in [9.17, 15) is 18.0 Å². The monoisotopic (exact) mass is 340 g/mol. The second-order valence-corrected chi connectivity index (χ2v) is 5.63. The van der Waals surface area contributed by atoms with E-state index in [0.717, 1.165) is 12.1 Å². The van der Waals surface area contributed by atoms with Crippen molar-refractivity contribution in [3.63, 3.8) is 0 Å². The number of amides is 2. The van der Waals surface area contributed by atoms with Crippen molar-refractivity contribution < 1.29 is 18.0 Å². The summed E-state index contributed by atoms with van der Waals surface area (Å²) < 4.78 is 39.6. The van der Waals surface area contributed by atoms with Gasteiger partial charge in [-0.2, -0.15) is 18.3 Å². The first-order valence-corrected chi connectivity index (χ1v) is 7.51. The summed E-state index contributed by atoms with van der Waals surface area (Å²) in [6.07, 6.45) is -0.816. The normalized spacial score (nSPS) is 11.6. The zero-order chi connectivity index (χ0) is 17.7. The number of halogens is 3. The standard InChI is InChI=1S/C16H19F3N4O/c1-11(2)23-10-14(9-21-23)22-15(24)20-7-6-12-4-3-5-13(8-12)16(17,18)19/h3-5,8-11H,6-7H2,1-2H3,(H2,20,22,24). The molecular weight excluding hydrogens is 321 g/mol. The predicted octanol–water partition coefficient (Wildman–Crippen LogP) is 3.85. The van der Waals surface area contributed by atoms with Crippen LogP contribution < -0.4 is 10.6 Å². The smallest absolute Gasteiger partial charge is 0.338 e. The van der Waals surface area contributed by atoms with Crippen molar-refractivity contribution in [3.05, 3.63) is 47.8 Å². The molecule has 1 aromatic carbocycles. The number of urea groups is 1. The molecule has 0 unspecified atom stereocenters. The first-order valence-electron chi connectivity index (χ1n) is 7.51. The van der Waals surface area contributed by atoms with E-state index in [1.165, 1.54) is 12.3 Å². The molecule has 2 amide bonds. The molecule has 0 spiro atoms. The SMILES string of the molecule is CC(C)n1cc(NC(=O)NCCc2cccc(C(F)(F)F)c2)cn1. The molecule has 0 bridgehead atoms. The molecule has 2 N–H and O–H groups in total. The highest BCUT2D eigenvalue weighted by Crippen LogP contribution is 2.29. The van der Waals surface area contributed by atoms with E-state index in [1.807, 2.05) is 13.8 Å². The Labute approximate surface area is 137 Å². The number of hydrogen-bond donors (Lipinski definition) is 2. The van der Waals surface area contributed by atoms with Gasteiger partial charge in [0.05, 0.1) is 17.4 Å². The lowest BCUT2D eigenvalue weighted by atomic mass is 10.1. The second kappa shape index (κ2) is 7.37. The third-order valence-electron chi connectivity index (χ3n) is 3.34. The quantitative estimate of drug-likeness (QED) is 0.869. The van der Waals surface area contributed by atoms with Crippen LogP contribution in [0.3, 0.4) is 0 Å². The van der Waals surface area contributed by atoms with Gasteiger partial charge in [0.2, 0.25) is 0 Å². The lowest BCUT2D eigenvalue weighted by molar-refractivity contribution is -0.137. The summed E-state index contributed by atoms with van der Waals surface area (Å²) in [5.74, 6) is 0. The minimum atomic E-state index is -4.36. The largest absolute Gasteiger partial charge is 0.416 e. The molecule has 0 aliphatic carbocycles. The van der Waals surface area contributed by atoms with Crippen LogP contribution in [0.5, 0.6) is 0 Å². The average molecular weight is 340 g/mol. The van der Waals surface area contributed by atoms with Crippen molar-refractivity contribution in [1.82, 2.24) is 15.1 Å². The summed E-state index contributed by atoms with van der Waals surface area (Å²) in [7, 11) is 0. The van der Waals surface area contributed by atoms with Gasteiger partial charge in [-0.25, -0.2) is 4.79 Å². The van der Waals surface area contributed by atoms with Crippen molar-refractivity contribution in [2.24, 2.45) is 0 Å². The number of anilines is 1. The molecule has 0 aliphatic rings. The van der Waals surface area contributed by atoms with E-state index in [1.54, 1.807) is 16.9 Å². The van der Waals surface area contributed by atoms with Gasteiger partial charge in [-0.1, -0.05) is 18.2 Å². The number of alkyl halides is 3. The maximum Gasteiger partial charge on any atom is 0.416 e. The second-order valence-electron chi connectivity index (χ2n) is 5.63. The predicted molar refractivity (Wildman–Crippen MR) is 84.8 cm³/mol. The van der Waals surface area contributed by atoms with Gasteiger partial charge in [-0.3, -0.25) is 4.68 Å². The molecule has 1 aromatic heterocycles. The Kier molecular flexibility index (Phi) is 5.48. The summed E-state index contributed by atoms with van der Waals surface area (Å²) in [5, 5.41) is 9.33. The molecule has 130 valence electrons. The van der Waals surface area contributed by atoms with Gasteiger partial charge in [0.1, 0.15) is 0 Å². The topological polar surface area (TPSA) is 59.0 Å². The molecule has 0 fully saturated rings. The minimum Gasteiger partial charge on any atom is -0.338 e. The molecule has 1 heterocycles. The van der Waals surface area contributed by atoms with Gasteiger partial charge in [0.25, 0.3) is 0 Å². The van der Waals surface area contributed by atoms with Crippen LogP contribution in [0.25, 0.3) is 0 Å². The van der Waals surface area contributed by atoms with Crippen LogP contribution in [0.4, 0.5) is 23.7 Å². The number of nitrogens with one attached hydrogen (secondary N) is 2. The van der Waals surface area contributed by atoms with Gasteiger partial charge in [0, 0.05) is 18.8 Å². The van der Waals surface area contributed by atoms with Crippen LogP contribution in [-0.4, -0.2) is 22.4 Å². The van der Waals surface area contributed by atoms with Gasteiger partial charge >= 0.3 is 12.2 Å². The average Bonchev–Trinajstić information content (AvgIpc) is 2.95. The highest BCUT2D eigenvalue weighted by molar-refractivity contribution is 5.88. The Balaban J connectivity index is 1.82. The molecule has 2 aromatic rings. The molecule has 0 saturated carbocycles. The minimum absolute atomic E-state index is 0.185. The number of carbonyl (C=O) groups excluding carboxylic acids is 1. The third kappa shape index (κ3) is 5.00.